The Morgan fingerprint density at radius 3 is 3.00 bits per heavy atom. The number of nitrogens with one attached hydrogen (secondary N) is 1. The van der Waals surface area contributed by atoms with Crippen LogP contribution >= 0.6 is 22.6 Å². The lowest BCUT2D eigenvalue weighted by Gasteiger charge is -2.42. The highest BCUT2D eigenvalue weighted by molar-refractivity contribution is 14.1. The Balaban J connectivity index is 2.33. The van der Waals surface area contributed by atoms with E-state index >= 15 is 0 Å². The molecule has 0 aromatic carbocycles. The highest BCUT2D eigenvalue weighted by Crippen LogP contribution is 2.25. The third-order valence-corrected chi connectivity index (χ3v) is 3.62. The summed E-state index contributed by atoms with van der Waals surface area (Å²) in [5.74, 6) is 0.748. The summed E-state index contributed by atoms with van der Waals surface area (Å²) in [5.41, 5.74) is -0.307. The summed E-state index contributed by atoms with van der Waals surface area (Å²) in [6, 6.07) is 0. The van der Waals surface area contributed by atoms with Gasteiger partial charge < -0.3 is 14.6 Å². The summed E-state index contributed by atoms with van der Waals surface area (Å²) < 4.78 is 6.47. The smallest absolute Gasteiger partial charge is 0.266 e. The highest BCUT2D eigenvalue weighted by Gasteiger charge is 2.32. The molecular weight excluding hydrogens is 333 g/mol. The van der Waals surface area contributed by atoms with E-state index in [-0.39, 0.29) is 17.3 Å². The molecule has 1 N–H and O–H groups in total. The van der Waals surface area contributed by atoms with Crippen molar-refractivity contribution in [3.63, 3.8) is 0 Å². The molecule has 0 aliphatic carbocycles. The van der Waals surface area contributed by atoms with E-state index in [1.807, 2.05) is 29.5 Å². The molecule has 1 aromatic heterocycles. The van der Waals surface area contributed by atoms with Crippen LogP contribution in [0.15, 0.2) is 11.1 Å². The van der Waals surface area contributed by atoms with Crippen molar-refractivity contribution in [1.82, 2.24) is 9.97 Å². The molecule has 1 fully saturated rings. The first-order valence-electron chi connectivity index (χ1n) is 5.55. The van der Waals surface area contributed by atoms with Gasteiger partial charge in [-0.15, -0.1) is 0 Å². The molecule has 17 heavy (non-hydrogen) atoms. The van der Waals surface area contributed by atoms with E-state index < -0.39 is 0 Å². The molecule has 6 heteroatoms. The second-order valence-electron chi connectivity index (χ2n) is 4.94. The van der Waals surface area contributed by atoms with Crippen molar-refractivity contribution in [3.05, 3.63) is 20.3 Å². The lowest BCUT2D eigenvalue weighted by Crippen LogP contribution is -2.52. The fourth-order valence-corrected chi connectivity index (χ4v) is 2.85. The molecule has 0 radical (unpaired) electrons. The SMILES string of the molecule is CC1CN(c2nc[nH]c(=O)c2I)CC(C)(C)O1. The lowest BCUT2D eigenvalue weighted by atomic mass is 10.1. The number of aromatic nitrogens is 2. The third kappa shape index (κ3) is 2.79. The highest BCUT2D eigenvalue weighted by atomic mass is 127. The van der Waals surface area contributed by atoms with Gasteiger partial charge in [0.1, 0.15) is 9.39 Å². The maximum Gasteiger partial charge on any atom is 0.266 e. The second kappa shape index (κ2) is 4.56. The van der Waals surface area contributed by atoms with E-state index in [2.05, 4.69) is 28.7 Å². The Labute approximate surface area is 114 Å². The molecule has 0 saturated carbocycles. The zero-order valence-electron chi connectivity index (χ0n) is 10.2. The van der Waals surface area contributed by atoms with Crippen molar-refractivity contribution in [2.75, 3.05) is 18.0 Å². The predicted molar refractivity (Wildman–Crippen MR) is 74.4 cm³/mol. The number of ether oxygens (including phenoxy) is 1. The van der Waals surface area contributed by atoms with E-state index in [0.29, 0.717) is 3.57 Å². The summed E-state index contributed by atoms with van der Waals surface area (Å²) in [6.45, 7) is 7.64. The van der Waals surface area contributed by atoms with Crippen LogP contribution in [0.4, 0.5) is 5.82 Å². The standard InChI is InChI=1S/C11H16IN3O2/c1-7-4-15(5-11(2,3)17-7)9-8(12)10(16)14-6-13-9/h6-7H,4-5H2,1-3H3,(H,13,14,16). The Kier molecular flexibility index (Phi) is 3.44. The minimum Gasteiger partial charge on any atom is -0.369 e. The van der Waals surface area contributed by atoms with Gasteiger partial charge in [-0.1, -0.05) is 0 Å². The van der Waals surface area contributed by atoms with E-state index in [4.69, 9.17) is 4.74 Å². The maximum absolute atomic E-state index is 11.6. The number of rotatable bonds is 1. The normalized spacial score (nSPS) is 23.8. The lowest BCUT2D eigenvalue weighted by molar-refractivity contribution is -0.0752. The van der Waals surface area contributed by atoms with Gasteiger partial charge in [-0.3, -0.25) is 4.79 Å². The molecule has 1 atom stereocenters. The molecule has 1 saturated heterocycles. The maximum atomic E-state index is 11.6. The summed E-state index contributed by atoms with van der Waals surface area (Å²) >= 11 is 2.04. The fourth-order valence-electron chi connectivity index (χ4n) is 2.21. The van der Waals surface area contributed by atoms with Crippen LogP contribution in [-0.4, -0.2) is 34.8 Å². The summed E-state index contributed by atoms with van der Waals surface area (Å²) in [7, 11) is 0. The number of morpholine rings is 1. The summed E-state index contributed by atoms with van der Waals surface area (Å²) in [6.07, 6.45) is 1.59. The zero-order valence-corrected chi connectivity index (χ0v) is 12.3. The molecule has 1 aromatic rings. The number of H-pyrrole nitrogens is 1. The van der Waals surface area contributed by atoms with Crippen LogP contribution in [0.5, 0.6) is 0 Å². The molecule has 2 heterocycles. The predicted octanol–water partition coefficient (Wildman–Crippen LogP) is 1.38. The molecular formula is C11H16IN3O2. The molecule has 0 spiro atoms. The number of hydrogen-bond donors (Lipinski definition) is 1. The van der Waals surface area contributed by atoms with Crippen LogP contribution in [-0.2, 0) is 4.74 Å². The number of nitrogens with zero attached hydrogens (tertiary/aromatic N) is 2. The van der Waals surface area contributed by atoms with Gasteiger partial charge in [0.05, 0.1) is 18.0 Å². The van der Waals surface area contributed by atoms with Crippen LogP contribution in [0.25, 0.3) is 0 Å². The summed E-state index contributed by atoms with van der Waals surface area (Å²) in [5, 5.41) is 0. The number of hydrogen-bond acceptors (Lipinski definition) is 4. The molecule has 5 nitrogen and oxygen atoms in total. The van der Waals surface area contributed by atoms with Gasteiger partial charge in [0.25, 0.3) is 5.56 Å². The van der Waals surface area contributed by atoms with E-state index in [1.165, 1.54) is 6.33 Å². The van der Waals surface area contributed by atoms with Crippen LogP contribution in [0, 0.1) is 3.57 Å². The Bertz CT molecular complexity index is 472. The van der Waals surface area contributed by atoms with Gasteiger partial charge in [-0.25, -0.2) is 4.98 Å². The number of aromatic amines is 1. The average molecular weight is 349 g/mol. The van der Waals surface area contributed by atoms with Gasteiger partial charge in [-0.05, 0) is 43.4 Å². The van der Waals surface area contributed by atoms with E-state index in [1.54, 1.807) is 0 Å². The third-order valence-electron chi connectivity index (χ3n) is 2.65. The van der Waals surface area contributed by atoms with Crippen molar-refractivity contribution in [1.29, 1.82) is 0 Å². The molecule has 1 aliphatic heterocycles. The van der Waals surface area contributed by atoms with Gasteiger partial charge >= 0.3 is 0 Å². The van der Waals surface area contributed by atoms with Gasteiger partial charge in [0.2, 0.25) is 0 Å². The quantitative estimate of drug-likeness (QED) is 0.779. The summed E-state index contributed by atoms with van der Waals surface area (Å²) in [4.78, 5) is 20.5. The van der Waals surface area contributed by atoms with E-state index in [0.717, 1.165) is 18.9 Å². The molecule has 0 amide bonds. The fraction of sp³-hybridized carbons (Fsp3) is 0.636. The van der Waals surface area contributed by atoms with Gasteiger partial charge in [0, 0.05) is 13.1 Å². The molecule has 94 valence electrons. The van der Waals surface area contributed by atoms with Crippen molar-refractivity contribution in [3.8, 4) is 0 Å². The van der Waals surface area contributed by atoms with E-state index in [9.17, 15) is 4.79 Å². The minimum atomic E-state index is -0.217. The van der Waals surface area contributed by atoms with Crippen molar-refractivity contribution in [2.45, 2.75) is 32.5 Å². The largest absolute Gasteiger partial charge is 0.369 e. The second-order valence-corrected chi connectivity index (χ2v) is 6.02. The average Bonchev–Trinajstić information content (AvgIpc) is 2.19. The molecule has 1 unspecified atom stereocenters. The van der Waals surface area contributed by atoms with Gasteiger partial charge in [-0.2, -0.15) is 0 Å². The van der Waals surface area contributed by atoms with Crippen LogP contribution < -0.4 is 10.5 Å². The first-order chi connectivity index (χ1) is 7.89. The Morgan fingerprint density at radius 2 is 2.35 bits per heavy atom. The minimum absolute atomic E-state index is 0.0902. The van der Waals surface area contributed by atoms with Crippen LogP contribution in [0.3, 0.4) is 0 Å². The number of anilines is 1. The first-order valence-corrected chi connectivity index (χ1v) is 6.63. The molecule has 1 aliphatic rings. The topological polar surface area (TPSA) is 58.2 Å². The molecule has 2 rings (SSSR count). The van der Waals surface area contributed by atoms with Crippen LogP contribution in [0.2, 0.25) is 0 Å². The zero-order chi connectivity index (χ0) is 12.6. The monoisotopic (exact) mass is 349 g/mol. The first kappa shape index (κ1) is 12.8. The number of halogens is 1. The van der Waals surface area contributed by atoms with Crippen molar-refractivity contribution < 1.29 is 4.74 Å². The Hall–Kier alpha value is -0.630. The van der Waals surface area contributed by atoms with Crippen LogP contribution in [0.1, 0.15) is 20.8 Å². The van der Waals surface area contributed by atoms with Crippen molar-refractivity contribution >= 4 is 28.4 Å². The van der Waals surface area contributed by atoms with Gasteiger partial charge in [0.15, 0.2) is 0 Å². The Morgan fingerprint density at radius 1 is 1.65 bits per heavy atom. The van der Waals surface area contributed by atoms with Crippen molar-refractivity contribution in [2.24, 2.45) is 0 Å². The molecule has 0 bridgehead atoms.